The minimum Gasteiger partial charge on any atom is -0.370 e. The molecular formula is C29H30O7P2. The van der Waals surface area contributed by atoms with E-state index in [2.05, 4.69) is 0 Å². The van der Waals surface area contributed by atoms with E-state index < -0.39 is 20.8 Å². The van der Waals surface area contributed by atoms with Crippen LogP contribution in [0, 0.1) is 0 Å². The largest absolute Gasteiger partial charge is 0.372 e. The lowest BCUT2D eigenvalue weighted by Gasteiger charge is -2.29. The van der Waals surface area contributed by atoms with E-state index in [-0.39, 0.29) is 26.4 Å². The molecule has 4 aromatic rings. The predicted molar refractivity (Wildman–Crippen MR) is 146 cm³/mol. The highest BCUT2D eigenvalue weighted by molar-refractivity contribution is 7.72. The molecule has 0 atom stereocenters. The Labute approximate surface area is 223 Å². The highest BCUT2D eigenvalue weighted by atomic mass is 31.2. The van der Waals surface area contributed by atoms with E-state index in [0.717, 1.165) is 0 Å². The van der Waals surface area contributed by atoms with Crippen molar-refractivity contribution in [1.82, 2.24) is 0 Å². The molecule has 0 aliphatic carbocycles. The van der Waals surface area contributed by atoms with Crippen LogP contribution < -0.4 is 0 Å². The molecule has 4 aromatic carbocycles. The summed E-state index contributed by atoms with van der Waals surface area (Å²) in [7, 11) is -8.93. The Kier molecular flexibility index (Phi) is 10.2. The quantitative estimate of drug-likeness (QED) is 0.162. The molecule has 0 spiro atoms. The van der Waals surface area contributed by atoms with E-state index in [9.17, 15) is 14.2 Å². The second kappa shape index (κ2) is 13.8. The Balaban J connectivity index is 1.60. The van der Waals surface area contributed by atoms with E-state index in [4.69, 9.17) is 18.1 Å². The van der Waals surface area contributed by atoms with Gasteiger partial charge in [-0.15, -0.1) is 0 Å². The highest BCUT2D eigenvalue weighted by Crippen LogP contribution is 2.70. The first-order chi connectivity index (χ1) is 18.5. The zero-order valence-corrected chi connectivity index (χ0v) is 22.5. The van der Waals surface area contributed by atoms with Crippen LogP contribution in [-0.4, -0.2) is 10.7 Å². The van der Waals surface area contributed by atoms with Crippen molar-refractivity contribution in [2.24, 2.45) is 0 Å². The summed E-state index contributed by atoms with van der Waals surface area (Å²) in [5.74, 6) is 0. The molecule has 9 heteroatoms. The minimum absolute atomic E-state index is 0.138. The third-order valence-corrected chi connectivity index (χ3v) is 10.4. The summed E-state index contributed by atoms with van der Waals surface area (Å²) in [4.78, 5) is 0. The van der Waals surface area contributed by atoms with Crippen molar-refractivity contribution in [2.45, 2.75) is 32.0 Å². The molecule has 4 rings (SSSR count). The maximum atomic E-state index is 14.1. The molecule has 0 aliphatic rings. The lowest BCUT2D eigenvalue weighted by Crippen LogP contribution is -2.17. The molecule has 0 fully saturated rings. The van der Waals surface area contributed by atoms with Gasteiger partial charge >= 0.3 is 15.2 Å². The molecule has 7 nitrogen and oxygen atoms in total. The minimum atomic E-state index is -4.46. The maximum absolute atomic E-state index is 14.1. The molecule has 1 N–H and O–H groups in total. The van der Waals surface area contributed by atoms with Gasteiger partial charge in [0.15, 0.2) is 0 Å². The standard InChI is InChI=1S/C29H30O7P2/c30-29(37(31,33-21-25-13-5-1-6-14-25)34-22-26-15-7-2-8-16-26)38(32,35-23-27-17-9-3-10-18-27)36-24-28-19-11-4-12-20-28/h1-20,29-30H,21-24H2. The molecule has 0 aliphatic heterocycles. The number of hydrogen-bond donors (Lipinski definition) is 1. The molecule has 0 heterocycles. The lowest BCUT2D eigenvalue weighted by molar-refractivity contribution is 0.121. The van der Waals surface area contributed by atoms with E-state index in [1.807, 2.05) is 72.8 Å². The molecular weight excluding hydrogens is 522 g/mol. The first-order valence-corrected chi connectivity index (χ1v) is 15.3. The van der Waals surface area contributed by atoms with E-state index in [0.29, 0.717) is 22.3 Å². The van der Waals surface area contributed by atoms with E-state index in [1.54, 1.807) is 48.5 Å². The van der Waals surface area contributed by atoms with Gasteiger partial charge < -0.3 is 23.2 Å². The van der Waals surface area contributed by atoms with Gasteiger partial charge in [-0.3, -0.25) is 9.13 Å². The van der Waals surface area contributed by atoms with Crippen molar-refractivity contribution < 1.29 is 32.3 Å². The monoisotopic (exact) mass is 552 g/mol. The topological polar surface area (TPSA) is 91.3 Å². The van der Waals surface area contributed by atoms with Gasteiger partial charge in [-0.25, -0.2) is 0 Å². The Morgan fingerprint density at radius 3 is 0.868 bits per heavy atom. The molecule has 0 saturated heterocycles. The fourth-order valence-corrected chi connectivity index (χ4v) is 7.65. The van der Waals surface area contributed by atoms with Gasteiger partial charge in [0, 0.05) is 0 Å². The summed E-state index contributed by atoms with van der Waals surface area (Å²) in [6, 6.07) is 36.1. The van der Waals surface area contributed by atoms with E-state index in [1.165, 1.54) is 0 Å². The van der Waals surface area contributed by atoms with Crippen molar-refractivity contribution in [3.63, 3.8) is 0 Å². The van der Waals surface area contributed by atoms with Gasteiger partial charge in [-0.1, -0.05) is 121 Å². The van der Waals surface area contributed by atoms with Crippen molar-refractivity contribution in [2.75, 3.05) is 0 Å². The lowest BCUT2D eigenvalue weighted by atomic mass is 10.2. The van der Waals surface area contributed by atoms with Gasteiger partial charge in [0.05, 0.1) is 26.4 Å². The highest BCUT2D eigenvalue weighted by Gasteiger charge is 2.50. The first-order valence-electron chi connectivity index (χ1n) is 12.1. The van der Waals surface area contributed by atoms with Crippen molar-refractivity contribution in [3.8, 4) is 0 Å². The van der Waals surface area contributed by atoms with Gasteiger partial charge in [-0.05, 0) is 22.3 Å². The zero-order valence-electron chi connectivity index (χ0n) is 20.7. The van der Waals surface area contributed by atoms with Crippen LogP contribution >= 0.6 is 15.2 Å². The predicted octanol–water partition coefficient (Wildman–Crippen LogP) is 7.52. The van der Waals surface area contributed by atoms with Crippen molar-refractivity contribution in [1.29, 1.82) is 0 Å². The first kappa shape index (κ1) is 28.2. The van der Waals surface area contributed by atoms with Crippen LogP contribution in [0.3, 0.4) is 0 Å². The summed E-state index contributed by atoms with van der Waals surface area (Å²) >= 11 is 0. The zero-order chi connectivity index (χ0) is 26.7. The van der Waals surface area contributed by atoms with Gasteiger partial charge in [0.25, 0.3) is 5.59 Å². The SMILES string of the molecule is O=P(OCc1ccccc1)(OCc1ccccc1)C(O)P(=O)(OCc1ccccc1)OCc1ccccc1. The molecule has 0 radical (unpaired) electrons. The van der Waals surface area contributed by atoms with Gasteiger partial charge in [0.2, 0.25) is 0 Å². The van der Waals surface area contributed by atoms with Crippen LogP contribution in [0.25, 0.3) is 0 Å². The summed E-state index contributed by atoms with van der Waals surface area (Å²) in [6.45, 7) is -0.550. The normalized spacial score (nSPS) is 12.1. The Bertz CT molecular complexity index is 1140. The van der Waals surface area contributed by atoms with Crippen LogP contribution in [-0.2, 0) is 53.7 Å². The van der Waals surface area contributed by atoms with Crippen LogP contribution in [0.5, 0.6) is 0 Å². The number of aliphatic hydroxyl groups excluding tert-OH is 1. The Morgan fingerprint density at radius 2 is 0.658 bits per heavy atom. The third-order valence-electron chi connectivity index (χ3n) is 5.58. The van der Waals surface area contributed by atoms with E-state index >= 15 is 0 Å². The molecule has 198 valence electrons. The van der Waals surface area contributed by atoms with Crippen LogP contribution in [0.2, 0.25) is 0 Å². The molecule has 0 aromatic heterocycles. The second-order valence-corrected chi connectivity index (χ2v) is 13.0. The van der Waals surface area contributed by atoms with Crippen molar-refractivity contribution in [3.05, 3.63) is 144 Å². The second-order valence-electron chi connectivity index (χ2n) is 8.46. The molecule has 0 bridgehead atoms. The summed E-state index contributed by atoms with van der Waals surface area (Å²) in [5, 5.41) is 11.4. The fraction of sp³-hybridized carbons (Fsp3) is 0.172. The summed E-state index contributed by atoms with van der Waals surface area (Å²) < 4.78 is 51.0. The fourth-order valence-electron chi connectivity index (χ4n) is 3.47. The smallest absolute Gasteiger partial charge is 0.370 e. The molecule has 0 amide bonds. The van der Waals surface area contributed by atoms with Gasteiger partial charge in [0.1, 0.15) is 0 Å². The maximum Gasteiger partial charge on any atom is 0.372 e. The van der Waals surface area contributed by atoms with Crippen LogP contribution in [0.15, 0.2) is 121 Å². The average Bonchev–Trinajstić information content (AvgIpc) is 2.99. The van der Waals surface area contributed by atoms with Gasteiger partial charge in [-0.2, -0.15) is 0 Å². The Morgan fingerprint density at radius 1 is 0.447 bits per heavy atom. The van der Waals surface area contributed by atoms with Crippen LogP contribution in [0.4, 0.5) is 0 Å². The summed E-state index contributed by atoms with van der Waals surface area (Å²) in [5.41, 5.74) is 0.624. The molecule has 0 unspecified atom stereocenters. The number of aliphatic hydroxyl groups is 1. The van der Waals surface area contributed by atoms with Crippen LogP contribution in [0.1, 0.15) is 22.3 Å². The van der Waals surface area contributed by atoms with Crippen molar-refractivity contribution >= 4 is 15.2 Å². The molecule has 0 saturated carbocycles. The average molecular weight is 553 g/mol. The number of benzene rings is 4. The number of rotatable bonds is 14. The molecule has 38 heavy (non-hydrogen) atoms. The number of hydrogen-bond acceptors (Lipinski definition) is 7. The summed E-state index contributed by atoms with van der Waals surface area (Å²) in [6.07, 6.45) is 0. The third kappa shape index (κ3) is 8.07. The Hall–Kier alpha value is -2.86.